The molecule has 0 fully saturated rings. The van der Waals surface area contributed by atoms with Gasteiger partial charge in [-0.2, -0.15) is 0 Å². The number of rotatable bonds is 5. The second kappa shape index (κ2) is 6.21. The summed E-state index contributed by atoms with van der Waals surface area (Å²) in [6.07, 6.45) is 0.496. The maximum Gasteiger partial charge on any atom is 0.279 e. The zero-order valence-corrected chi connectivity index (χ0v) is 11.4. The van der Waals surface area contributed by atoms with E-state index in [2.05, 4.69) is 0 Å². The molecule has 2 rings (SSSR count). The van der Waals surface area contributed by atoms with Gasteiger partial charge in [0.15, 0.2) is 6.29 Å². The predicted octanol–water partition coefficient (Wildman–Crippen LogP) is 3.57. The summed E-state index contributed by atoms with van der Waals surface area (Å²) in [5.74, 6) is 0.756. The Hall–Kier alpha value is -2.34. The van der Waals surface area contributed by atoms with E-state index in [9.17, 15) is 14.9 Å². The molecule has 0 spiro atoms. The topological polar surface area (TPSA) is 69.4 Å². The molecule has 0 atom stereocenters. The first-order valence-corrected chi connectivity index (χ1v) is 6.51. The second-order valence-corrected chi connectivity index (χ2v) is 5.02. The average Bonchev–Trinajstić information content (AvgIpc) is 2.47. The van der Waals surface area contributed by atoms with E-state index in [1.807, 2.05) is 24.3 Å². The van der Waals surface area contributed by atoms with Gasteiger partial charge in [-0.3, -0.25) is 14.9 Å². The number of aldehydes is 1. The zero-order valence-electron chi connectivity index (χ0n) is 10.6. The number of nitro benzene ring substituents is 1. The van der Waals surface area contributed by atoms with Gasteiger partial charge in [-0.15, -0.1) is 0 Å². The van der Waals surface area contributed by atoms with Crippen LogP contribution in [0.3, 0.4) is 0 Å². The lowest BCUT2D eigenvalue weighted by Crippen LogP contribution is -1.94. The molecule has 6 heteroatoms. The van der Waals surface area contributed by atoms with Crippen LogP contribution in [0.4, 0.5) is 5.69 Å². The summed E-state index contributed by atoms with van der Waals surface area (Å²) < 4.78 is 5.07. The first kappa shape index (κ1) is 14.1. The molecule has 102 valence electrons. The Morgan fingerprint density at radius 1 is 1.15 bits per heavy atom. The SMILES string of the molecule is COc1ccc(Sc2ccc([N+](=O)[O-])c(C=O)c2)cc1. The Bertz CT molecular complexity index is 640. The van der Waals surface area contributed by atoms with Gasteiger partial charge in [-0.1, -0.05) is 11.8 Å². The molecule has 20 heavy (non-hydrogen) atoms. The molecule has 0 saturated carbocycles. The van der Waals surface area contributed by atoms with Crippen LogP contribution in [-0.4, -0.2) is 18.3 Å². The van der Waals surface area contributed by atoms with Crippen molar-refractivity contribution < 1.29 is 14.5 Å². The van der Waals surface area contributed by atoms with Crippen LogP contribution < -0.4 is 4.74 Å². The smallest absolute Gasteiger partial charge is 0.279 e. The van der Waals surface area contributed by atoms with Gasteiger partial charge >= 0.3 is 0 Å². The van der Waals surface area contributed by atoms with Crippen LogP contribution in [0.15, 0.2) is 52.3 Å². The van der Waals surface area contributed by atoms with Gasteiger partial charge in [0, 0.05) is 15.9 Å². The lowest BCUT2D eigenvalue weighted by atomic mass is 10.2. The Labute approximate surface area is 119 Å². The third kappa shape index (κ3) is 3.16. The molecule has 0 aliphatic heterocycles. The number of nitrogens with zero attached hydrogens (tertiary/aromatic N) is 1. The van der Waals surface area contributed by atoms with E-state index >= 15 is 0 Å². The molecular formula is C14H11NO4S. The third-order valence-electron chi connectivity index (χ3n) is 2.62. The third-order valence-corrected chi connectivity index (χ3v) is 3.62. The molecular weight excluding hydrogens is 278 g/mol. The first-order chi connectivity index (χ1) is 9.63. The summed E-state index contributed by atoms with van der Waals surface area (Å²) in [5, 5.41) is 10.7. The fraction of sp³-hybridized carbons (Fsp3) is 0.0714. The predicted molar refractivity (Wildman–Crippen MR) is 75.6 cm³/mol. The molecule has 0 aliphatic carbocycles. The highest BCUT2D eigenvalue weighted by molar-refractivity contribution is 7.99. The Morgan fingerprint density at radius 3 is 2.35 bits per heavy atom. The average molecular weight is 289 g/mol. The quantitative estimate of drug-likeness (QED) is 0.478. The maximum atomic E-state index is 10.9. The van der Waals surface area contributed by atoms with Crippen molar-refractivity contribution in [1.29, 1.82) is 0 Å². The minimum Gasteiger partial charge on any atom is -0.497 e. The van der Waals surface area contributed by atoms with Crippen LogP contribution in [0.5, 0.6) is 5.75 Å². The van der Waals surface area contributed by atoms with Crippen molar-refractivity contribution in [2.75, 3.05) is 7.11 Å². The van der Waals surface area contributed by atoms with Crippen LogP contribution >= 0.6 is 11.8 Å². The van der Waals surface area contributed by atoms with Gasteiger partial charge in [0.1, 0.15) is 5.75 Å². The Balaban J connectivity index is 2.24. The van der Waals surface area contributed by atoms with E-state index in [1.54, 1.807) is 13.2 Å². The number of benzene rings is 2. The van der Waals surface area contributed by atoms with Crippen molar-refractivity contribution in [2.45, 2.75) is 9.79 Å². The zero-order chi connectivity index (χ0) is 14.5. The van der Waals surface area contributed by atoms with E-state index in [4.69, 9.17) is 4.74 Å². The summed E-state index contributed by atoms with van der Waals surface area (Å²) in [6, 6.07) is 11.9. The molecule has 0 heterocycles. The van der Waals surface area contributed by atoms with Crippen molar-refractivity contribution in [1.82, 2.24) is 0 Å². The molecule has 0 N–H and O–H groups in total. The highest BCUT2D eigenvalue weighted by Gasteiger charge is 2.13. The Kier molecular flexibility index (Phi) is 4.37. The number of methoxy groups -OCH3 is 1. The molecule has 0 saturated heterocycles. The van der Waals surface area contributed by atoms with Crippen molar-refractivity contribution in [2.24, 2.45) is 0 Å². The molecule has 0 aromatic heterocycles. The first-order valence-electron chi connectivity index (χ1n) is 5.69. The van der Waals surface area contributed by atoms with Gasteiger partial charge in [0.25, 0.3) is 5.69 Å². The molecule has 5 nitrogen and oxygen atoms in total. The van der Waals surface area contributed by atoms with E-state index in [-0.39, 0.29) is 11.3 Å². The minimum absolute atomic E-state index is 0.0773. The van der Waals surface area contributed by atoms with Crippen molar-refractivity contribution in [3.05, 3.63) is 58.1 Å². The highest BCUT2D eigenvalue weighted by Crippen LogP contribution is 2.31. The van der Waals surface area contributed by atoms with E-state index in [0.29, 0.717) is 6.29 Å². The fourth-order valence-electron chi connectivity index (χ4n) is 1.64. The lowest BCUT2D eigenvalue weighted by Gasteiger charge is -2.04. The van der Waals surface area contributed by atoms with Crippen LogP contribution in [0.25, 0.3) is 0 Å². The van der Waals surface area contributed by atoms with E-state index in [1.165, 1.54) is 23.9 Å². The number of carbonyl (C=O) groups is 1. The number of hydrogen-bond acceptors (Lipinski definition) is 5. The summed E-state index contributed by atoms with van der Waals surface area (Å²) in [7, 11) is 1.59. The Morgan fingerprint density at radius 2 is 1.80 bits per heavy atom. The van der Waals surface area contributed by atoms with Gasteiger partial charge in [-0.25, -0.2) is 0 Å². The van der Waals surface area contributed by atoms with Crippen LogP contribution in [-0.2, 0) is 0 Å². The van der Waals surface area contributed by atoms with E-state index < -0.39 is 4.92 Å². The molecule has 0 aliphatic rings. The van der Waals surface area contributed by atoms with Crippen molar-refractivity contribution in [3.63, 3.8) is 0 Å². The number of hydrogen-bond donors (Lipinski definition) is 0. The number of ether oxygens (including phenoxy) is 1. The maximum absolute atomic E-state index is 10.9. The van der Waals surface area contributed by atoms with Crippen molar-refractivity contribution in [3.8, 4) is 5.75 Å². The van der Waals surface area contributed by atoms with Gasteiger partial charge < -0.3 is 4.74 Å². The van der Waals surface area contributed by atoms with Gasteiger partial charge in [0.2, 0.25) is 0 Å². The fourth-order valence-corrected chi connectivity index (χ4v) is 2.50. The largest absolute Gasteiger partial charge is 0.497 e. The van der Waals surface area contributed by atoms with Crippen LogP contribution in [0.2, 0.25) is 0 Å². The number of carbonyl (C=O) groups excluding carboxylic acids is 1. The number of nitro groups is 1. The summed E-state index contributed by atoms with van der Waals surface area (Å²) >= 11 is 1.42. The van der Waals surface area contributed by atoms with Gasteiger partial charge in [0.05, 0.1) is 17.6 Å². The molecule has 0 unspecified atom stereocenters. The summed E-state index contributed by atoms with van der Waals surface area (Å²) in [5.41, 5.74) is -0.104. The normalized spacial score (nSPS) is 10.1. The lowest BCUT2D eigenvalue weighted by molar-refractivity contribution is -0.385. The minimum atomic E-state index is -0.564. The standard InChI is InChI=1S/C14H11NO4S/c1-19-11-2-4-12(5-3-11)20-13-6-7-14(15(17)18)10(8-13)9-16/h2-9H,1H3. The molecule has 0 amide bonds. The molecule has 2 aromatic carbocycles. The summed E-state index contributed by atoms with van der Waals surface area (Å²) in [6.45, 7) is 0. The van der Waals surface area contributed by atoms with E-state index in [0.717, 1.165) is 15.5 Å². The van der Waals surface area contributed by atoms with Crippen molar-refractivity contribution >= 4 is 23.7 Å². The van der Waals surface area contributed by atoms with Crippen LogP contribution in [0.1, 0.15) is 10.4 Å². The summed E-state index contributed by atoms with van der Waals surface area (Å²) in [4.78, 5) is 22.8. The molecule has 2 aromatic rings. The molecule has 0 radical (unpaired) electrons. The second-order valence-electron chi connectivity index (χ2n) is 3.87. The van der Waals surface area contributed by atoms with Crippen LogP contribution in [0, 0.1) is 10.1 Å². The molecule has 0 bridgehead atoms. The highest BCUT2D eigenvalue weighted by atomic mass is 32.2. The van der Waals surface area contributed by atoms with Gasteiger partial charge in [-0.05, 0) is 36.4 Å². The monoisotopic (exact) mass is 289 g/mol.